The molecular formula is C25H32Cl3N5O4. The fraction of sp³-hybridized carbons (Fsp3) is 0.520. The summed E-state index contributed by atoms with van der Waals surface area (Å²) in [7, 11) is 0. The van der Waals surface area contributed by atoms with Crippen molar-refractivity contribution in [2.24, 2.45) is 0 Å². The van der Waals surface area contributed by atoms with E-state index >= 15 is 0 Å². The van der Waals surface area contributed by atoms with Crippen LogP contribution < -0.4 is 5.32 Å². The number of aliphatic hydroxyl groups excluding tert-OH is 1. The molecule has 2 aromatic heterocycles. The minimum atomic E-state index is -0.696. The third kappa shape index (κ3) is 6.57. The smallest absolute Gasteiger partial charge is 0.410 e. The van der Waals surface area contributed by atoms with Crippen LogP contribution in [-0.2, 0) is 4.74 Å². The summed E-state index contributed by atoms with van der Waals surface area (Å²) in [5.41, 5.74) is 1.69. The Balaban J connectivity index is 1.98. The van der Waals surface area contributed by atoms with Crippen LogP contribution in [0.15, 0.2) is 12.3 Å². The van der Waals surface area contributed by atoms with Crippen molar-refractivity contribution in [1.82, 2.24) is 19.8 Å². The first-order valence-electron chi connectivity index (χ1n) is 11.9. The largest absolute Gasteiger partial charge is 0.444 e. The van der Waals surface area contributed by atoms with Crippen molar-refractivity contribution in [3.05, 3.63) is 44.3 Å². The number of piperazine rings is 1. The van der Waals surface area contributed by atoms with Gasteiger partial charge < -0.3 is 25.0 Å². The molecule has 0 saturated carbocycles. The number of carbonyl (C=O) groups is 2. The number of aryl methyl sites for hydroxylation is 1. The number of hydrogen-bond acceptors (Lipinski definition) is 7. The van der Waals surface area contributed by atoms with Gasteiger partial charge in [-0.05, 0) is 45.2 Å². The highest BCUT2D eigenvalue weighted by atomic mass is 35.5. The maximum atomic E-state index is 13.9. The number of carbonyl (C=O) groups excluding carboxylic acids is 2. The molecular weight excluding hydrogens is 541 g/mol. The van der Waals surface area contributed by atoms with E-state index in [1.165, 1.54) is 9.80 Å². The molecule has 1 aliphatic rings. The van der Waals surface area contributed by atoms with E-state index in [9.17, 15) is 14.7 Å². The molecule has 0 bridgehead atoms. The van der Waals surface area contributed by atoms with Crippen molar-refractivity contribution < 1.29 is 19.4 Å². The van der Waals surface area contributed by atoms with Crippen LogP contribution in [0.25, 0.3) is 0 Å². The number of nitrogens with zero attached hydrogens (tertiary/aromatic N) is 4. The summed E-state index contributed by atoms with van der Waals surface area (Å²) >= 11 is 19.1. The van der Waals surface area contributed by atoms with E-state index < -0.39 is 23.6 Å². The Morgan fingerprint density at radius 3 is 2.49 bits per heavy atom. The van der Waals surface area contributed by atoms with Gasteiger partial charge in [-0.3, -0.25) is 9.78 Å². The Labute approximate surface area is 232 Å². The molecule has 1 aliphatic heterocycles. The maximum absolute atomic E-state index is 13.9. The minimum absolute atomic E-state index is 0.0122. The van der Waals surface area contributed by atoms with Crippen LogP contribution in [0.3, 0.4) is 0 Å². The maximum Gasteiger partial charge on any atom is 0.410 e. The van der Waals surface area contributed by atoms with Crippen LogP contribution in [-0.4, -0.2) is 74.8 Å². The molecule has 37 heavy (non-hydrogen) atoms. The Morgan fingerprint density at radius 2 is 1.89 bits per heavy atom. The molecule has 1 atom stereocenters. The number of nitrogens with one attached hydrogen (secondary N) is 1. The zero-order valence-corrected chi connectivity index (χ0v) is 24.0. The van der Waals surface area contributed by atoms with Gasteiger partial charge in [0.05, 0.1) is 34.1 Å². The average molecular weight is 573 g/mol. The van der Waals surface area contributed by atoms with Crippen LogP contribution in [0, 0.1) is 6.92 Å². The number of rotatable bonds is 5. The molecule has 2 N–H and O–H groups in total. The highest BCUT2D eigenvalue weighted by Gasteiger charge is 2.37. The van der Waals surface area contributed by atoms with E-state index in [1.54, 1.807) is 27.0 Å². The second-order valence-corrected chi connectivity index (χ2v) is 11.3. The Kier molecular flexibility index (Phi) is 9.16. The summed E-state index contributed by atoms with van der Waals surface area (Å²) in [5, 5.41) is 13.1. The number of ether oxygens (including phenoxy) is 1. The lowest BCUT2D eigenvalue weighted by molar-refractivity contribution is -0.00241. The van der Waals surface area contributed by atoms with Crippen LogP contribution in [0.5, 0.6) is 0 Å². The molecule has 3 heterocycles. The molecule has 0 radical (unpaired) electrons. The van der Waals surface area contributed by atoms with Crippen molar-refractivity contribution in [3.8, 4) is 0 Å². The van der Waals surface area contributed by atoms with E-state index in [1.807, 2.05) is 26.8 Å². The van der Waals surface area contributed by atoms with E-state index in [0.717, 1.165) is 11.3 Å². The van der Waals surface area contributed by atoms with Gasteiger partial charge in [-0.2, -0.15) is 0 Å². The van der Waals surface area contributed by atoms with Gasteiger partial charge in [0.25, 0.3) is 5.91 Å². The second kappa shape index (κ2) is 11.6. The fourth-order valence-corrected chi connectivity index (χ4v) is 4.63. The van der Waals surface area contributed by atoms with Crippen LogP contribution in [0.2, 0.25) is 15.2 Å². The third-order valence-corrected chi connectivity index (χ3v) is 7.05. The molecule has 3 rings (SSSR count). The molecule has 9 nitrogen and oxygen atoms in total. The first kappa shape index (κ1) is 29.2. The second-order valence-electron chi connectivity index (χ2n) is 10.2. The molecule has 0 spiro atoms. The monoisotopic (exact) mass is 571 g/mol. The predicted octanol–water partition coefficient (Wildman–Crippen LogP) is 5.67. The van der Waals surface area contributed by atoms with Crippen molar-refractivity contribution in [3.63, 3.8) is 0 Å². The van der Waals surface area contributed by atoms with E-state index in [-0.39, 0.29) is 58.7 Å². The van der Waals surface area contributed by atoms with E-state index in [2.05, 4.69) is 15.3 Å². The van der Waals surface area contributed by atoms with Crippen LogP contribution >= 0.6 is 34.8 Å². The zero-order valence-electron chi connectivity index (χ0n) is 21.7. The first-order chi connectivity index (χ1) is 17.2. The number of amides is 2. The SMILES string of the molecule is Cc1ccnc(C(C)C)c1Nc1nc(Cl)c(Cl)c(Cl)c1C(=O)N1CCN(C(=O)OC(C)(C)C)CC1CO. The summed E-state index contributed by atoms with van der Waals surface area (Å²) in [4.78, 5) is 38.2. The number of pyridine rings is 2. The van der Waals surface area contributed by atoms with Gasteiger partial charge in [0.15, 0.2) is 5.15 Å². The number of aliphatic hydroxyl groups is 1. The van der Waals surface area contributed by atoms with Gasteiger partial charge in [-0.25, -0.2) is 9.78 Å². The molecule has 12 heteroatoms. The summed E-state index contributed by atoms with van der Waals surface area (Å²) in [6, 6.07) is 1.14. The Bertz CT molecular complexity index is 1190. The summed E-state index contributed by atoms with van der Waals surface area (Å²) in [5.74, 6) is -0.303. The first-order valence-corrected chi connectivity index (χ1v) is 13.0. The molecule has 2 aromatic rings. The number of anilines is 2. The van der Waals surface area contributed by atoms with Crippen molar-refractivity contribution in [2.75, 3.05) is 31.6 Å². The van der Waals surface area contributed by atoms with Gasteiger partial charge in [-0.15, -0.1) is 0 Å². The van der Waals surface area contributed by atoms with Crippen molar-refractivity contribution in [2.45, 2.75) is 59.1 Å². The average Bonchev–Trinajstić information content (AvgIpc) is 2.82. The van der Waals surface area contributed by atoms with Crippen LogP contribution in [0.1, 0.15) is 62.2 Å². The molecule has 2 amide bonds. The Morgan fingerprint density at radius 1 is 1.22 bits per heavy atom. The number of hydrogen-bond donors (Lipinski definition) is 2. The highest BCUT2D eigenvalue weighted by molar-refractivity contribution is 6.49. The number of aromatic nitrogens is 2. The quantitative estimate of drug-likeness (QED) is 0.445. The summed E-state index contributed by atoms with van der Waals surface area (Å²) < 4.78 is 5.45. The Hall–Kier alpha value is -2.33. The normalized spacial score (nSPS) is 16.2. The third-order valence-electron chi connectivity index (χ3n) is 5.84. The predicted molar refractivity (Wildman–Crippen MR) is 145 cm³/mol. The summed E-state index contributed by atoms with van der Waals surface area (Å²) in [6.45, 7) is 11.3. The highest BCUT2D eigenvalue weighted by Crippen LogP contribution is 2.39. The molecule has 202 valence electrons. The lowest BCUT2D eigenvalue weighted by Crippen LogP contribution is -2.58. The van der Waals surface area contributed by atoms with Gasteiger partial charge in [0.2, 0.25) is 0 Å². The molecule has 1 unspecified atom stereocenters. The van der Waals surface area contributed by atoms with Crippen LogP contribution in [0.4, 0.5) is 16.3 Å². The van der Waals surface area contributed by atoms with E-state index in [0.29, 0.717) is 5.69 Å². The lowest BCUT2D eigenvalue weighted by atomic mass is 10.0. The van der Waals surface area contributed by atoms with Crippen molar-refractivity contribution >= 4 is 58.3 Å². The molecule has 0 aromatic carbocycles. The lowest BCUT2D eigenvalue weighted by Gasteiger charge is -2.41. The molecule has 0 aliphatic carbocycles. The van der Waals surface area contributed by atoms with Gasteiger partial charge in [0.1, 0.15) is 17.0 Å². The topological polar surface area (TPSA) is 108 Å². The van der Waals surface area contributed by atoms with E-state index in [4.69, 9.17) is 39.5 Å². The number of halogens is 3. The van der Waals surface area contributed by atoms with Gasteiger partial charge in [0, 0.05) is 25.8 Å². The zero-order chi connectivity index (χ0) is 27.7. The summed E-state index contributed by atoms with van der Waals surface area (Å²) in [6.07, 6.45) is 1.20. The molecule has 1 fully saturated rings. The van der Waals surface area contributed by atoms with Crippen molar-refractivity contribution in [1.29, 1.82) is 0 Å². The minimum Gasteiger partial charge on any atom is -0.444 e. The van der Waals surface area contributed by atoms with Gasteiger partial charge >= 0.3 is 6.09 Å². The molecule has 1 saturated heterocycles. The fourth-order valence-electron chi connectivity index (χ4n) is 4.01. The van der Waals surface area contributed by atoms with Gasteiger partial charge in [-0.1, -0.05) is 48.7 Å². The standard InChI is InChI=1S/C25H32Cl3N5O4/c1-13(2)19-20(14(3)7-8-29-19)30-22-16(17(26)18(27)21(28)31-22)23(35)33-10-9-32(11-15(33)12-34)24(36)37-25(4,5)6/h7-8,13,15,34H,9-12H2,1-6H3,(H,30,31).